The summed E-state index contributed by atoms with van der Waals surface area (Å²) >= 11 is 0. The normalized spacial score (nSPS) is 13.9. The van der Waals surface area contributed by atoms with Gasteiger partial charge in [0.15, 0.2) is 17.6 Å². The van der Waals surface area contributed by atoms with Crippen LogP contribution < -0.4 is 15.0 Å². The predicted octanol–water partition coefficient (Wildman–Crippen LogP) is 13.6. The van der Waals surface area contributed by atoms with E-state index in [0.29, 0.717) is 0 Å². The van der Waals surface area contributed by atoms with Gasteiger partial charge in [0.1, 0.15) is 16.7 Å². The van der Waals surface area contributed by atoms with Crippen LogP contribution >= 0.6 is 0 Å². The molecule has 1 N–H and O–H groups in total. The topological polar surface area (TPSA) is 55.7 Å². The highest BCUT2D eigenvalue weighted by molar-refractivity contribution is 6.18. The maximum absolute atomic E-state index is 6.93. The lowest BCUT2D eigenvalue weighted by Gasteiger charge is -2.27. The van der Waals surface area contributed by atoms with Crippen LogP contribution in [-0.4, -0.2) is 4.57 Å². The number of fused-ring (bicyclic) bond motifs is 11. The lowest BCUT2D eigenvalue weighted by Crippen LogP contribution is -2.12. The van der Waals surface area contributed by atoms with Gasteiger partial charge in [-0.1, -0.05) is 109 Å². The molecule has 0 fully saturated rings. The smallest absolute Gasteiger partial charge is 0.196 e. The second kappa shape index (κ2) is 11.5. The Morgan fingerprint density at radius 3 is 2.07 bits per heavy atom. The van der Waals surface area contributed by atoms with Crippen LogP contribution in [0.25, 0.3) is 71.4 Å². The molecule has 4 heterocycles. The lowest BCUT2D eigenvalue weighted by atomic mass is 10.1. The summed E-state index contributed by atoms with van der Waals surface area (Å²) in [4.78, 5) is 2.35. The van der Waals surface area contributed by atoms with Gasteiger partial charge in [-0.3, -0.25) is 0 Å². The van der Waals surface area contributed by atoms with Crippen molar-refractivity contribution in [2.45, 2.75) is 6.23 Å². The van der Waals surface area contributed by atoms with E-state index in [1.807, 2.05) is 36.4 Å². The summed E-state index contributed by atoms with van der Waals surface area (Å²) in [6.45, 7) is 0. The van der Waals surface area contributed by atoms with Crippen molar-refractivity contribution in [3.63, 3.8) is 0 Å². The van der Waals surface area contributed by atoms with Crippen LogP contribution in [0, 0.1) is 0 Å². The molecule has 8 aromatic carbocycles. The number of aromatic nitrogens is 1. The molecular formula is C49H31N3O3. The van der Waals surface area contributed by atoms with Crippen molar-refractivity contribution >= 4 is 88.4 Å². The average molecular weight is 710 g/mol. The first-order valence-corrected chi connectivity index (χ1v) is 18.5. The fourth-order valence-corrected chi connectivity index (χ4v) is 8.61. The molecule has 0 spiro atoms. The van der Waals surface area contributed by atoms with Crippen molar-refractivity contribution in [1.29, 1.82) is 0 Å². The first-order valence-electron chi connectivity index (χ1n) is 18.5. The summed E-state index contributed by atoms with van der Waals surface area (Å²) in [7, 11) is 0. The molecule has 1 unspecified atom stereocenters. The number of benzene rings is 8. The molecule has 0 aliphatic carbocycles. The lowest BCUT2D eigenvalue weighted by molar-refractivity contribution is 0.263. The van der Waals surface area contributed by atoms with Gasteiger partial charge in [0.05, 0.1) is 33.5 Å². The van der Waals surface area contributed by atoms with E-state index < -0.39 is 0 Å². The monoisotopic (exact) mass is 709 g/mol. The largest absolute Gasteiger partial charge is 0.464 e. The summed E-state index contributed by atoms with van der Waals surface area (Å²) in [6.07, 6.45) is -0.291. The average Bonchev–Trinajstić information content (AvgIpc) is 4.02. The summed E-state index contributed by atoms with van der Waals surface area (Å²) in [5, 5.41) is 10.00. The molecule has 6 heteroatoms. The molecule has 3 aromatic heterocycles. The minimum atomic E-state index is -0.291. The molecule has 260 valence electrons. The summed E-state index contributed by atoms with van der Waals surface area (Å²) in [5.74, 6) is 0.798. The van der Waals surface area contributed by atoms with Gasteiger partial charge < -0.3 is 28.4 Å². The van der Waals surface area contributed by atoms with Gasteiger partial charge in [0, 0.05) is 43.9 Å². The zero-order chi connectivity index (χ0) is 36.0. The Labute approximate surface area is 315 Å². The van der Waals surface area contributed by atoms with Gasteiger partial charge in [-0.2, -0.15) is 0 Å². The van der Waals surface area contributed by atoms with E-state index in [2.05, 4.69) is 154 Å². The first-order chi connectivity index (χ1) is 27.3. The third-order valence-electron chi connectivity index (χ3n) is 11.0. The molecule has 0 bridgehead atoms. The Kier molecular flexibility index (Phi) is 6.30. The molecule has 11 aromatic rings. The highest BCUT2D eigenvalue weighted by Crippen LogP contribution is 2.51. The Hall–Kier alpha value is -7.44. The standard InChI is InChI=1S/C49H31N3O3/c1-3-13-30(14-4-1)49-50-38-26-28-44-45(48(38)55-49)36-20-12-23-41(47(36)54-44)51(32-25-27-43-37(29-32)34-18-8-10-24-42(34)53-43)40-22-11-19-35-33-17-7-9-21-39(33)52(46(35)40)31-15-5-2-6-16-31/h1-29,49-50H. The third-order valence-corrected chi connectivity index (χ3v) is 11.0. The number of ether oxygens (including phenoxy) is 1. The van der Waals surface area contributed by atoms with Crippen molar-refractivity contribution in [2.75, 3.05) is 10.2 Å². The Morgan fingerprint density at radius 1 is 0.509 bits per heavy atom. The van der Waals surface area contributed by atoms with Crippen LogP contribution in [0.15, 0.2) is 185 Å². The number of furan rings is 2. The minimum Gasteiger partial charge on any atom is -0.464 e. The van der Waals surface area contributed by atoms with E-state index in [1.165, 1.54) is 5.39 Å². The van der Waals surface area contributed by atoms with E-state index in [1.54, 1.807) is 0 Å². The maximum Gasteiger partial charge on any atom is 0.196 e. The van der Waals surface area contributed by atoms with E-state index in [-0.39, 0.29) is 6.23 Å². The Balaban J connectivity index is 1.15. The van der Waals surface area contributed by atoms with Gasteiger partial charge in [0.25, 0.3) is 0 Å². The van der Waals surface area contributed by atoms with Gasteiger partial charge in [-0.05, 0) is 66.7 Å². The van der Waals surface area contributed by atoms with Crippen molar-refractivity contribution in [2.24, 2.45) is 0 Å². The highest BCUT2D eigenvalue weighted by atomic mass is 16.5. The van der Waals surface area contributed by atoms with Gasteiger partial charge >= 0.3 is 0 Å². The first kappa shape index (κ1) is 30.1. The van der Waals surface area contributed by atoms with Crippen molar-refractivity contribution in [3.05, 3.63) is 181 Å². The van der Waals surface area contributed by atoms with Gasteiger partial charge in [0.2, 0.25) is 0 Å². The predicted molar refractivity (Wildman–Crippen MR) is 223 cm³/mol. The number of nitrogens with one attached hydrogen (secondary N) is 1. The number of hydrogen-bond acceptors (Lipinski definition) is 5. The zero-order valence-corrected chi connectivity index (χ0v) is 29.4. The third kappa shape index (κ3) is 4.42. The van der Waals surface area contributed by atoms with Crippen LogP contribution in [0.1, 0.15) is 11.8 Å². The van der Waals surface area contributed by atoms with Crippen LogP contribution in [0.3, 0.4) is 0 Å². The van der Waals surface area contributed by atoms with Crippen molar-refractivity contribution in [3.8, 4) is 11.4 Å². The molecule has 1 atom stereocenters. The van der Waals surface area contributed by atoms with Gasteiger partial charge in [-0.15, -0.1) is 0 Å². The Morgan fingerprint density at radius 2 is 1.20 bits per heavy atom. The van der Waals surface area contributed by atoms with E-state index >= 15 is 0 Å². The number of para-hydroxylation sites is 5. The molecule has 55 heavy (non-hydrogen) atoms. The summed E-state index contributed by atoms with van der Waals surface area (Å²) < 4.78 is 22.3. The number of nitrogens with zero attached hydrogens (tertiary/aromatic N) is 2. The second-order valence-electron chi connectivity index (χ2n) is 14.1. The highest BCUT2D eigenvalue weighted by Gasteiger charge is 2.30. The minimum absolute atomic E-state index is 0.291. The fourth-order valence-electron chi connectivity index (χ4n) is 8.61. The number of rotatable bonds is 5. The number of anilines is 4. The fraction of sp³-hybridized carbons (Fsp3) is 0.0204. The zero-order valence-electron chi connectivity index (χ0n) is 29.4. The molecule has 12 rings (SSSR count). The van der Waals surface area contributed by atoms with E-state index in [4.69, 9.17) is 13.6 Å². The molecule has 0 amide bonds. The van der Waals surface area contributed by atoms with E-state index in [0.717, 1.165) is 100 Å². The molecule has 6 nitrogen and oxygen atoms in total. The molecule has 0 radical (unpaired) electrons. The van der Waals surface area contributed by atoms with Crippen molar-refractivity contribution in [1.82, 2.24) is 4.57 Å². The summed E-state index contributed by atoms with van der Waals surface area (Å²) in [6, 6.07) is 61.3. The Bertz CT molecular complexity index is 3290. The molecule has 0 saturated heterocycles. The SMILES string of the molecule is c1ccc(C2Nc3ccc4oc5c(N(c6ccc7oc8ccccc8c7c6)c6cccc7c8ccccc8n(-c8ccccc8)c67)cccc5c4c3O2)cc1. The quantitative estimate of drug-likeness (QED) is 0.193. The van der Waals surface area contributed by atoms with E-state index in [9.17, 15) is 0 Å². The molecule has 1 aliphatic rings. The molecular weight excluding hydrogens is 679 g/mol. The maximum atomic E-state index is 6.93. The van der Waals surface area contributed by atoms with Crippen LogP contribution in [0.2, 0.25) is 0 Å². The number of hydrogen-bond donors (Lipinski definition) is 1. The molecule has 0 saturated carbocycles. The van der Waals surface area contributed by atoms with Crippen LogP contribution in [0.4, 0.5) is 22.7 Å². The van der Waals surface area contributed by atoms with Gasteiger partial charge in [-0.25, -0.2) is 0 Å². The van der Waals surface area contributed by atoms with Crippen LogP contribution in [0.5, 0.6) is 5.75 Å². The van der Waals surface area contributed by atoms with Crippen LogP contribution in [-0.2, 0) is 0 Å². The second-order valence-corrected chi connectivity index (χ2v) is 14.1. The van der Waals surface area contributed by atoms with Crippen molar-refractivity contribution < 1.29 is 13.6 Å². The molecule has 1 aliphatic heterocycles. The summed E-state index contributed by atoms with van der Waals surface area (Å²) in [5.41, 5.74) is 11.5.